The molecule has 0 saturated heterocycles. The van der Waals surface area contributed by atoms with E-state index in [-0.39, 0.29) is 0 Å². The molecule has 0 aromatic heterocycles. The van der Waals surface area contributed by atoms with Crippen molar-refractivity contribution in [3.05, 3.63) is 47.5 Å². The number of esters is 2. The Morgan fingerprint density at radius 1 is 0.606 bits per heavy atom. The van der Waals surface area contributed by atoms with Gasteiger partial charge in [0, 0.05) is 0 Å². The summed E-state index contributed by atoms with van der Waals surface area (Å²) in [6.45, 7) is 5.01. The van der Waals surface area contributed by atoms with E-state index >= 15 is 0 Å². The van der Waals surface area contributed by atoms with Gasteiger partial charge in [0.1, 0.15) is 0 Å². The van der Waals surface area contributed by atoms with Crippen LogP contribution in [0.5, 0.6) is 23.0 Å². The van der Waals surface area contributed by atoms with Gasteiger partial charge in [-0.15, -0.1) is 0 Å². The topological polar surface area (TPSA) is 89.5 Å². The van der Waals surface area contributed by atoms with Crippen LogP contribution in [0.1, 0.15) is 53.8 Å². The zero-order chi connectivity index (χ0) is 24.6. The van der Waals surface area contributed by atoms with Crippen LogP contribution in [0, 0.1) is 0 Å². The highest BCUT2D eigenvalue weighted by atomic mass is 16.5. The molecule has 0 aliphatic heterocycles. The molecular weight excluding hydrogens is 428 g/mol. The highest BCUT2D eigenvalue weighted by Crippen LogP contribution is 2.29. The summed E-state index contributed by atoms with van der Waals surface area (Å²) in [5.41, 5.74) is 0.804. The Balaban J connectivity index is 0.00000265. The molecule has 0 fully saturated rings. The maximum Gasteiger partial charge on any atom is 0.337 e. The second-order valence-electron chi connectivity index (χ2n) is 6.47. The minimum atomic E-state index is -0.429. The lowest BCUT2D eigenvalue weighted by Gasteiger charge is -2.13. The first-order valence-corrected chi connectivity index (χ1v) is 10.8. The largest absolute Gasteiger partial charge is 0.493 e. The van der Waals surface area contributed by atoms with Gasteiger partial charge in [0.25, 0.3) is 0 Å². The first kappa shape index (κ1) is 27.6. The predicted octanol–water partition coefficient (Wildman–Crippen LogP) is 4.93. The molecule has 0 bridgehead atoms. The molecule has 0 aliphatic rings. The van der Waals surface area contributed by atoms with Crippen molar-refractivity contribution in [1.29, 1.82) is 0 Å². The number of methoxy groups -OCH3 is 4. The molecule has 0 unspecified atom stereocenters. The van der Waals surface area contributed by atoms with E-state index in [9.17, 15) is 9.59 Å². The van der Waals surface area contributed by atoms with Gasteiger partial charge in [-0.2, -0.15) is 0 Å². The number of hydrogen-bond acceptors (Lipinski definition) is 8. The number of benzene rings is 2. The van der Waals surface area contributed by atoms with E-state index < -0.39 is 11.9 Å². The van der Waals surface area contributed by atoms with E-state index in [2.05, 4.69) is 0 Å². The Morgan fingerprint density at radius 2 is 1.00 bits per heavy atom. The molecule has 2 rings (SSSR count). The molecule has 0 amide bonds. The van der Waals surface area contributed by atoms with Crippen LogP contribution in [-0.4, -0.2) is 53.6 Å². The maximum atomic E-state index is 11.6. The fourth-order valence-corrected chi connectivity index (χ4v) is 2.81. The molecule has 33 heavy (non-hydrogen) atoms. The fourth-order valence-electron chi connectivity index (χ4n) is 2.81. The van der Waals surface area contributed by atoms with Gasteiger partial charge in [-0.05, 0) is 55.7 Å². The Morgan fingerprint density at radius 3 is 1.33 bits per heavy atom. The molecule has 8 nitrogen and oxygen atoms in total. The van der Waals surface area contributed by atoms with E-state index in [1.54, 1.807) is 36.4 Å². The number of carbonyl (C=O) groups excluding carboxylic acids is 2. The Kier molecular flexibility index (Phi) is 12.9. The molecule has 0 aliphatic carbocycles. The maximum absolute atomic E-state index is 11.6. The van der Waals surface area contributed by atoms with Crippen molar-refractivity contribution in [2.45, 2.75) is 33.1 Å². The summed E-state index contributed by atoms with van der Waals surface area (Å²) in [6, 6.07) is 9.84. The van der Waals surface area contributed by atoms with Gasteiger partial charge in [-0.25, -0.2) is 9.59 Å². The van der Waals surface area contributed by atoms with Crippen LogP contribution in [0.25, 0.3) is 0 Å². The molecule has 8 heteroatoms. The lowest BCUT2D eigenvalue weighted by molar-refractivity contribution is 0.0591. The van der Waals surface area contributed by atoms with Crippen molar-refractivity contribution in [3.63, 3.8) is 0 Å². The molecule has 182 valence electrons. The lowest BCUT2D eigenvalue weighted by Crippen LogP contribution is -2.05. The monoisotopic (exact) mass is 462 g/mol. The van der Waals surface area contributed by atoms with Gasteiger partial charge in [0.2, 0.25) is 0 Å². The first-order chi connectivity index (χ1) is 16.0. The van der Waals surface area contributed by atoms with E-state index in [0.29, 0.717) is 47.3 Å². The molecule has 0 N–H and O–H groups in total. The van der Waals surface area contributed by atoms with Crippen molar-refractivity contribution in [2.24, 2.45) is 0 Å². The Bertz CT molecular complexity index is 807. The number of ether oxygens (including phenoxy) is 6. The van der Waals surface area contributed by atoms with Gasteiger partial charge >= 0.3 is 11.9 Å². The summed E-state index contributed by atoms with van der Waals surface area (Å²) in [7, 11) is 5.70. The minimum absolute atomic E-state index is 0.402. The number of carbonyl (C=O) groups is 2. The Hall–Kier alpha value is -3.42. The van der Waals surface area contributed by atoms with Crippen LogP contribution in [-0.2, 0) is 9.47 Å². The molecule has 0 atom stereocenters. The zero-order valence-corrected chi connectivity index (χ0v) is 20.3. The Labute approximate surface area is 195 Å². The summed E-state index contributed by atoms with van der Waals surface area (Å²) in [5.74, 6) is 1.24. The van der Waals surface area contributed by atoms with Gasteiger partial charge in [0.15, 0.2) is 23.0 Å². The third-order valence-electron chi connectivity index (χ3n) is 4.47. The molecule has 2 aromatic carbocycles. The quantitative estimate of drug-likeness (QED) is 0.324. The average Bonchev–Trinajstić information content (AvgIpc) is 2.88. The molecule has 2 aromatic rings. The van der Waals surface area contributed by atoms with Crippen LogP contribution >= 0.6 is 0 Å². The normalized spacial score (nSPS) is 9.76. The number of unbranched alkanes of at least 4 members (excludes halogenated alkanes) is 2. The average molecular weight is 463 g/mol. The predicted molar refractivity (Wildman–Crippen MR) is 125 cm³/mol. The second kappa shape index (κ2) is 15.4. The van der Waals surface area contributed by atoms with Crippen LogP contribution in [0.2, 0.25) is 0 Å². The summed E-state index contributed by atoms with van der Waals surface area (Å²) in [5, 5.41) is 0. The van der Waals surface area contributed by atoms with Crippen LogP contribution < -0.4 is 18.9 Å². The fraction of sp³-hybridized carbons (Fsp3) is 0.440. The number of rotatable bonds is 12. The first-order valence-electron chi connectivity index (χ1n) is 10.8. The molecular formula is C25H34O8. The summed E-state index contributed by atoms with van der Waals surface area (Å²) in [4.78, 5) is 23.2. The van der Waals surface area contributed by atoms with E-state index in [1.165, 1.54) is 28.4 Å². The highest BCUT2D eigenvalue weighted by molar-refractivity contribution is 5.90. The standard InChI is InChI=1S/C23H28O8.C2H6/c1-26-20-14-16(22(24)28-3)8-10-18(20)30-12-6-5-7-13-31-19-11-9-17(23(25)29-4)15-21(19)27-2;1-2/h8-11,14-15H,5-7,12-13H2,1-4H3;1-2H3. The summed E-state index contributed by atoms with van der Waals surface area (Å²) < 4.78 is 31.5. The van der Waals surface area contributed by atoms with Crippen molar-refractivity contribution in [2.75, 3.05) is 41.7 Å². The van der Waals surface area contributed by atoms with Gasteiger partial charge in [-0.1, -0.05) is 13.8 Å². The molecule has 0 saturated carbocycles. The van der Waals surface area contributed by atoms with Crippen molar-refractivity contribution in [1.82, 2.24) is 0 Å². The third-order valence-corrected chi connectivity index (χ3v) is 4.47. The van der Waals surface area contributed by atoms with E-state index in [0.717, 1.165) is 19.3 Å². The summed E-state index contributed by atoms with van der Waals surface area (Å²) in [6.07, 6.45) is 2.54. The van der Waals surface area contributed by atoms with Crippen LogP contribution in [0.4, 0.5) is 0 Å². The lowest BCUT2D eigenvalue weighted by atomic mass is 10.2. The zero-order valence-electron chi connectivity index (χ0n) is 20.3. The smallest absolute Gasteiger partial charge is 0.337 e. The van der Waals surface area contributed by atoms with E-state index in [1.807, 2.05) is 13.8 Å². The second-order valence-corrected chi connectivity index (χ2v) is 6.47. The van der Waals surface area contributed by atoms with Crippen LogP contribution in [0.15, 0.2) is 36.4 Å². The highest BCUT2D eigenvalue weighted by Gasteiger charge is 2.12. The number of hydrogen-bond donors (Lipinski definition) is 0. The third kappa shape index (κ3) is 8.56. The van der Waals surface area contributed by atoms with Gasteiger partial charge < -0.3 is 28.4 Å². The molecule has 0 heterocycles. The van der Waals surface area contributed by atoms with Crippen LogP contribution in [0.3, 0.4) is 0 Å². The van der Waals surface area contributed by atoms with Crippen molar-refractivity contribution < 1.29 is 38.0 Å². The van der Waals surface area contributed by atoms with Crippen molar-refractivity contribution in [3.8, 4) is 23.0 Å². The van der Waals surface area contributed by atoms with Crippen molar-refractivity contribution >= 4 is 11.9 Å². The van der Waals surface area contributed by atoms with E-state index in [4.69, 9.17) is 28.4 Å². The SMILES string of the molecule is CC.COC(=O)c1ccc(OCCCCCOc2ccc(C(=O)OC)cc2OC)c(OC)c1. The summed E-state index contributed by atoms with van der Waals surface area (Å²) >= 11 is 0. The van der Waals surface area contributed by atoms with Gasteiger partial charge in [0.05, 0.1) is 52.8 Å². The van der Waals surface area contributed by atoms with Gasteiger partial charge in [-0.3, -0.25) is 0 Å². The molecule has 0 spiro atoms. The minimum Gasteiger partial charge on any atom is -0.493 e. The molecule has 0 radical (unpaired) electrons.